The third-order valence-electron chi connectivity index (χ3n) is 5.15. The van der Waals surface area contributed by atoms with Crippen LogP contribution in [0.25, 0.3) is 0 Å². The molecule has 0 aliphatic carbocycles. The molecule has 1 fully saturated rings. The molecular weight excluding hydrogens is 446 g/mol. The Labute approximate surface area is 192 Å². The number of carbonyl (C=O) groups is 1. The summed E-state index contributed by atoms with van der Waals surface area (Å²) in [5.41, 5.74) is 3.13. The normalized spacial score (nSPS) is 14.8. The summed E-state index contributed by atoms with van der Waals surface area (Å²) >= 11 is 1.15. The van der Waals surface area contributed by atoms with E-state index in [1.165, 1.54) is 5.56 Å². The molecule has 0 bridgehead atoms. The summed E-state index contributed by atoms with van der Waals surface area (Å²) in [6, 6.07) is 17.8. The molecule has 0 radical (unpaired) electrons. The summed E-state index contributed by atoms with van der Waals surface area (Å²) in [6.07, 6.45) is 0. The van der Waals surface area contributed by atoms with Gasteiger partial charge in [0.25, 0.3) is 15.9 Å². The number of nitrogens with one attached hydrogen (secondary N) is 2. The number of amides is 1. The van der Waals surface area contributed by atoms with Crippen LogP contribution in [0, 0.1) is 0 Å². The van der Waals surface area contributed by atoms with E-state index in [0.29, 0.717) is 17.8 Å². The van der Waals surface area contributed by atoms with Gasteiger partial charge in [-0.3, -0.25) is 14.4 Å². The minimum Gasteiger partial charge on any atom is -0.379 e. The second-order valence-corrected chi connectivity index (χ2v) is 10.4. The van der Waals surface area contributed by atoms with Gasteiger partial charge in [0, 0.05) is 37.4 Å². The summed E-state index contributed by atoms with van der Waals surface area (Å²) in [6.45, 7) is 4.79. The summed E-state index contributed by atoms with van der Waals surface area (Å²) in [4.78, 5) is 14.8. The van der Waals surface area contributed by atoms with Crippen molar-refractivity contribution in [3.63, 3.8) is 0 Å². The van der Waals surface area contributed by atoms with E-state index in [9.17, 15) is 13.2 Å². The van der Waals surface area contributed by atoms with E-state index < -0.39 is 10.0 Å². The Bertz CT molecular complexity index is 1120. The molecule has 168 valence electrons. The molecule has 1 aliphatic rings. The van der Waals surface area contributed by atoms with Crippen LogP contribution in [0.2, 0.25) is 0 Å². The molecule has 9 heteroatoms. The summed E-state index contributed by atoms with van der Waals surface area (Å²) in [5, 5.41) is 4.61. The van der Waals surface area contributed by atoms with Crippen LogP contribution >= 0.6 is 11.3 Å². The molecule has 1 aromatic heterocycles. The molecule has 2 N–H and O–H groups in total. The predicted octanol–water partition coefficient (Wildman–Crippen LogP) is 3.31. The van der Waals surface area contributed by atoms with E-state index in [4.69, 9.17) is 4.74 Å². The van der Waals surface area contributed by atoms with E-state index in [1.54, 1.807) is 41.8 Å². The fourth-order valence-corrected chi connectivity index (χ4v) is 5.43. The van der Waals surface area contributed by atoms with Crippen molar-refractivity contribution in [2.75, 3.05) is 31.0 Å². The first-order valence-corrected chi connectivity index (χ1v) is 12.7. The van der Waals surface area contributed by atoms with Gasteiger partial charge in [-0.05, 0) is 46.8 Å². The Hall–Kier alpha value is -2.72. The maximum Gasteiger partial charge on any atom is 0.271 e. The zero-order valence-electron chi connectivity index (χ0n) is 17.5. The topological polar surface area (TPSA) is 87.7 Å². The average Bonchev–Trinajstić information content (AvgIpc) is 3.36. The van der Waals surface area contributed by atoms with Crippen LogP contribution in [-0.4, -0.2) is 45.5 Å². The molecular formula is C23H25N3O4S2. The molecule has 32 heavy (non-hydrogen) atoms. The van der Waals surface area contributed by atoms with Gasteiger partial charge >= 0.3 is 0 Å². The van der Waals surface area contributed by atoms with E-state index >= 15 is 0 Å². The van der Waals surface area contributed by atoms with Crippen molar-refractivity contribution in [1.82, 2.24) is 10.2 Å². The number of hydrogen-bond donors (Lipinski definition) is 2. The highest BCUT2D eigenvalue weighted by molar-refractivity contribution is 7.94. The van der Waals surface area contributed by atoms with Crippen LogP contribution < -0.4 is 10.0 Å². The number of anilines is 1. The first kappa shape index (κ1) is 22.5. The highest BCUT2D eigenvalue weighted by Crippen LogP contribution is 2.20. The first-order chi connectivity index (χ1) is 15.5. The zero-order valence-corrected chi connectivity index (χ0v) is 19.1. The maximum atomic E-state index is 12.5. The van der Waals surface area contributed by atoms with Crippen molar-refractivity contribution >= 4 is 33.0 Å². The van der Waals surface area contributed by atoms with Gasteiger partial charge in [-0.25, -0.2) is 8.42 Å². The van der Waals surface area contributed by atoms with Crippen LogP contribution in [0.5, 0.6) is 0 Å². The van der Waals surface area contributed by atoms with Crippen molar-refractivity contribution < 1.29 is 17.9 Å². The van der Waals surface area contributed by atoms with Crippen LogP contribution in [0.4, 0.5) is 5.69 Å². The molecule has 2 heterocycles. The van der Waals surface area contributed by atoms with Gasteiger partial charge in [-0.2, -0.15) is 0 Å². The average molecular weight is 472 g/mol. The van der Waals surface area contributed by atoms with Crippen molar-refractivity contribution in [3.8, 4) is 0 Å². The second-order valence-electron chi connectivity index (χ2n) is 7.50. The first-order valence-electron chi connectivity index (χ1n) is 10.3. The molecule has 1 aliphatic heterocycles. The molecule has 1 saturated heterocycles. The summed E-state index contributed by atoms with van der Waals surface area (Å²) in [5.74, 6) is -0.213. The lowest BCUT2D eigenvalue weighted by Crippen LogP contribution is -2.35. The third-order valence-corrected chi connectivity index (χ3v) is 7.92. The molecule has 0 atom stereocenters. The van der Waals surface area contributed by atoms with Gasteiger partial charge in [0.15, 0.2) is 0 Å². The number of benzene rings is 2. The Morgan fingerprint density at radius 1 is 0.969 bits per heavy atom. The lowest BCUT2D eigenvalue weighted by molar-refractivity contribution is 0.0342. The van der Waals surface area contributed by atoms with Crippen molar-refractivity contribution in [2.45, 2.75) is 17.3 Å². The van der Waals surface area contributed by atoms with Gasteiger partial charge < -0.3 is 10.1 Å². The second kappa shape index (κ2) is 10.3. The van der Waals surface area contributed by atoms with Gasteiger partial charge in [-0.15, -0.1) is 11.3 Å². The largest absolute Gasteiger partial charge is 0.379 e. The van der Waals surface area contributed by atoms with Gasteiger partial charge in [-0.1, -0.05) is 30.3 Å². The van der Waals surface area contributed by atoms with Crippen molar-refractivity contribution in [1.29, 1.82) is 0 Å². The minimum absolute atomic E-state index is 0.213. The number of carbonyl (C=O) groups excluding carboxylic acids is 1. The van der Waals surface area contributed by atoms with Crippen LogP contribution in [-0.2, 0) is 27.8 Å². The van der Waals surface area contributed by atoms with E-state index in [0.717, 1.165) is 49.7 Å². The number of hydrogen-bond acceptors (Lipinski definition) is 6. The van der Waals surface area contributed by atoms with Crippen molar-refractivity contribution in [2.24, 2.45) is 0 Å². The standard InChI is InChI=1S/C23H25N3O4S2/c27-23(20-7-9-21(10-8-20)25-32(28,29)22-2-1-15-31-22)24-16-18-3-5-19(6-4-18)17-26-11-13-30-14-12-26/h1-10,15,25H,11-14,16-17H2,(H,24,27). The van der Waals surface area contributed by atoms with E-state index in [-0.39, 0.29) is 10.1 Å². The van der Waals surface area contributed by atoms with Crippen molar-refractivity contribution in [3.05, 3.63) is 82.7 Å². The number of rotatable bonds is 8. The van der Waals surface area contributed by atoms with Crippen LogP contribution in [0.1, 0.15) is 21.5 Å². The zero-order chi connectivity index (χ0) is 22.4. The Morgan fingerprint density at radius 3 is 2.31 bits per heavy atom. The molecule has 1 amide bonds. The van der Waals surface area contributed by atoms with Gasteiger partial charge in [0.05, 0.1) is 13.2 Å². The lowest BCUT2D eigenvalue weighted by Gasteiger charge is -2.26. The molecule has 0 saturated carbocycles. The van der Waals surface area contributed by atoms with E-state index in [1.807, 2.05) is 12.1 Å². The van der Waals surface area contributed by atoms with Crippen LogP contribution in [0.3, 0.4) is 0 Å². The third kappa shape index (κ3) is 5.95. The maximum absolute atomic E-state index is 12.5. The van der Waals surface area contributed by atoms with Crippen LogP contribution in [0.15, 0.2) is 70.3 Å². The quantitative estimate of drug-likeness (QED) is 0.526. The molecule has 7 nitrogen and oxygen atoms in total. The Balaban J connectivity index is 1.28. The molecule has 4 rings (SSSR count). The fraction of sp³-hybridized carbons (Fsp3) is 0.261. The molecule has 0 unspecified atom stereocenters. The number of nitrogens with zero attached hydrogens (tertiary/aromatic N) is 1. The Morgan fingerprint density at radius 2 is 1.66 bits per heavy atom. The monoisotopic (exact) mass is 471 g/mol. The number of sulfonamides is 1. The predicted molar refractivity (Wildman–Crippen MR) is 125 cm³/mol. The fourth-order valence-electron chi connectivity index (χ4n) is 3.38. The smallest absolute Gasteiger partial charge is 0.271 e. The number of ether oxygens (including phenoxy) is 1. The number of morpholine rings is 1. The highest BCUT2D eigenvalue weighted by atomic mass is 32.2. The van der Waals surface area contributed by atoms with Gasteiger partial charge in [0.2, 0.25) is 0 Å². The summed E-state index contributed by atoms with van der Waals surface area (Å²) < 4.78 is 32.7. The SMILES string of the molecule is O=C(NCc1ccc(CN2CCOCC2)cc1)c1ccc(NS(=O)(=O)c2cccs2)cc1. The minimum atomic E-state index is -3.60. The van der Waals surface area contributed by atoms with Gasteiger partial charge in [0.1, 0.15) is 4.21 Å². The highest BCUT2D eigenvalue weighted by Gasteiger charge is 2.15. The Kier molecular flexibility index (Phi) is 7.21. The molecule has 3 aromatic rings. The molecule has 2 aromatic carbocycles. The molecule has 0 spiro atoms. The summed E-state index contributed by atoms with van der Waals surface area (Å²) in [7, 11) is -3.60. The lowest BCUT2D eigenvalue weighted by atomic mass is 10.1. The van der Waals surface area contributed by atoms with E-state index in [2.05, 4.69) is 27.1 Å². The number of thiophene rings is 1.